The van der Waals surface area contributed by atoms with Crippen LogP contribution in [-0.2, 0) is 34.4 Å². The fourth-order valence-corrected chi connectivity index (χ4v) is 9.67. The van der Waals surface area contributed by atoms with Crippen molar-refractivity contribution in [2.24, 2.45) is 7.05 Å². The van der Waals surface area contributed by atoms with E-state index in [-0.39, 0.29) is 65.9 Å². The van der Waals surface area contributed by atoms with E-state index in [1.807, 2.05) is 6.92 Å². The molecule has 3 aliphatic rings. The molecule has 6 aromatic rings. The number of aryl methyl sites for hydroxylation is 3. The van der Waals surface area contributed by atoms with E-state index in [2.05, 4.69) is 15.3 Å². The number of carboxylic acid groups (broad SMARTS) is 1. The van der Waals surface area contributed by atoms with Crippen molar-refractivity contribution < 1.29 is 52.1 Å². The number of ether oxygens (including phenoxy) is 2. The van der Waals surface area contributed by atoms with Gasteiger partial charge in [0, 0.05) is 80.3 Å². The SMILES string of the molecule is Cc1nn(C)c(C)c1-c1c(F)ccc2c(CCCOc3cccc4cc(F)ccc34)c(C(=O)O)n(CCN3CCN(C(=O)COc4cccc5c4C(=O)N(C4CCC(=O)NC4=O)C5=O)CC3)c12. The van der Waals surface area contributed by atoms with Crippen LogP contribution in [0.1, 0.15) is 67.4 Å². The van der Waals surface area contributed by atoms with Crippen LogP contribution in [0.2, 0.25) is 0 Å². The zero-order valence-electron chi connectivity index (χ0n) is 37.1. The van der Waals surface area contributed by atoms with Crippen molar-refractivity contribution in [3.8, 4) is 22.6 Å². The molecule has 5 amide bonds. The predicted molar refractivity (Wildman–Crippen MR) is 240 cm³/mol. The number of carboxylic acids is 1. The van der Waals surface area contributed by atoms with Crippen LogP contribution in [0.4, 0.5) is 8.78 Å². The molecule has 2 N–H and O–H groups in total. The third-order valence-corrected chi connectivity index (χ3v) is 13.0. The topological polar surface area (TPSA) is 186 Å². The highest BCUT2D eigenvalue weighted by Gasteiger charge is 2.46. The molecular formula is C49H47F2N7O9. The van der Waals surface area contributed by atoms with Crippen molar-refractivity contribution in [2.45, 2.75) is 52.1 Å². The van der Waals surface area contributed by atoms with Gasteiger partial charge in [-0.15, -0.1) is 0 Å². The maximum absolute atomic E-state index is 16.3. The maximum atomic E-state index is 16.3. The van der Waals surface area contributed by atoms with Gasteiger partial charge in [0.2, 0.25) is 11.8 Å². The van der Waals surface area contributed by atoms with Crippen molar-refractivity contribution in [1.82, 2.24) is 34.4 Å². The van der Waals surface area contributed by atoms with E-state index < -0.39 is 48.1 Å². The Bertz CT molecular complexity index is 3040. The summed E-state index contributed by atoms with van der Waals surface area (Å²) >= 11 is 0. The van der Waals surface area contributed by atoms with E-state index in [0.29, 0.717) is 90.1 Å². The minimum atomic E-state index is -1.16. The van der Waals surface area contributed by atoms with Gasteiger partial charge in [-0.3, -0.25) is 43.8 Å². The van der Waals surface area contributed by atoms with E-state index in [4.69, 9.17) is 9.47 Å². The maximum Gasteiger partial charge on any atom is 0.352 e. The number of aromatic carboxylic acids is 1. The van der Waals surface area contributed by atoms with Crippen LogP contribution in [0.5, 0.6) is 11.5 Å². The molecule has 1 unspecified atom stereocenters. The molecule has 2 saturated heterocycles. The Morgan fingerprint density at radius 3 is 2.33 bits per heavy atom. The van der Waals surface area contributed by atoms with Gasteiger partial charge >= 0.3 is 5.97 Å². The number of piperazine rings is 1. The van der Waals surface area contributed by atoms with Gasteiger partial charge in [-0.25, -0.2) is 13.6 Å². The second-order valence-corrected chi connectivity index (χ2v) is 17.0. The average Bonchev–Trinajstić information content (AvgIpc) is 3.86. The summed E-state index contributed by atoms with van der Waals surface area (Å²) < 4.78 is 45.6. The number of imide groups is 2. The first kappa shape index (κ1) is 44.7. The van der Waals surface area contributed by atoms with Gasteiger partial charge in [-0.2, -0.15) is 5.10 Å². The number of piperidine rings is 1. The van der Waals surface area contributed by atoms with Gasteiger partial charge in [0.25, 0.3) is 17.7 Å². The number of carbonyl (C=O) groups is 6. The zero-order valence-corrected chi connectivity index (χ0v) is 37.1. The molecule has 0 saturated carbocycles. The molecule has 0 radical (unpaired) electrons. The number of hydrogen-bond acceptors (Lipinski definition) is 10. The first-order valence-corrected chi connectivity index (χ1v) is 22.1. The summed E-state index contributed by atoms with van der Waals surface area (Å²) in [7, 11) is 1.77. The summed E-state index contributed by atoms with van der Waals surface area (Å²) in [6.07, 6.45) is 0.709. The first-order valence-electron chi connectivity index (χ1n) is 22.1. The molecule has 16 nitrogen and oxygen atoms in total. The van der Waals surface area contributed by atoms with Gasteiger partial charge in [0.05, 0.1) is 28.9 Å². The van der Waals surface area contributed by atoms with Gasteiger partial charge in [-0.1, -0.05) is 18.2 Å². The molecule has 18 heteroatoms. The Kier molecular flexibility index (Phi) is 12.1. The van der Waals surface area contributed by atoms with Crippen LogP contribution in [0.15, 0.2) is 66.7 Å². The van der Waals surface area contributed by atoms with E-state index in [9.17, 15) is 38.3 Å². The summed E-state index contributed by atoms with van der Waals surface area (Å²) in [6.45, 7) is 5.53. The fourth-order valence-electron chi connectivity index (χ4n) is 9.67. The number of benzene rings is 4. The van der Waals surface area contributed by atoms with Crippen LogP contribution < -0.4 is 14.8 Å². The van der Waals surface area contributed by atoms with Gasteiger partial charge in [0.15, 0.2) is 6.61 Å². The molecule has 1 atom stereocenters. The number of nitrogens with zero attached hydrogens (tertiary/aromatic N) is 6. The summed E-state index contributed by atoms with van der Waals surface area (Å²) in [5, 5.41) is 19.6. The number of fused-ring (bicyclic) bond motifs is 3. The quantitative estimate of drug-likeness (QED) is 0.105. The highest BCUT2D eigenvalue weighted by Crippen LogP contribution is 2.40. The normalized spacial score (nSPS) is 16.6. The molecule has 2 fully saturated rings. The smallest absolute Gasteiger partial charge is 0.352 e. The van der Waals surface area contributed by atoms with Crippen LogP contribution in [0, 0.1) is 25.5 Å². The number of amides is 5. The molecule has 0 spiro atoms. The monoisotopic (exact) mass is 915 g/mol. The van der Waals surface area contributed by atoms with E-state index in [0.717, 1.165) is 10.3 Å². The van der Waals surface area contributed by atoms with Crippen LogP contribution in [-0.4, -0.2) is 122 Å². The number of aromatic nitrogens is 3. The predicted octanol–water partition coefficient (Wildman–Crippen LogP) is 5.42. The zero-order chi connectivity index (χ0) is 47.3. The molecule has 0 aliphatic carbocycles. The molecular weight excluding hydrogens is 869 g/mol. The Labute approximate surface area is 382 Å². The first-order chi connectivity index (χ1) is 32.2. The van der Waals surface area contributed by atoms with Gasteiger partial charge in [0.1, 0.15) is 34.9 Å². The van der Waals surface area contributed by atoms with Crippen molar-refractivity contribution in [3.63, 3.8) is 0 Å². The third kappa shape index (κ3) is 8.25. The Morgan fingerprint density at radius 2 is 1.60 bits per heavy atom. The molecule has 2 aromatic heterocycles. The Hall–Kier alpha value is -7.47. The van der Waals surface area contributed by atoms with Crippen molar-refractivity contribution in [3.05, 3.63) is 112 Å². The number of nitrogens with one attached hydrogen (secondary N) is 1. The fraction of sp³-hybridized carbons (Fsp3) is 0.327. The molecule has 67 heavy (non-hydrogen) atoms. The van der Waals surface area contributed by atoms with Gasteiger partial charge in [-0.05, 0) is 92.6 Å². The van der Waals surface area contributed by atoms with E-state index in [1.165, 1.54) is 36.4 Å². The number of carbonyl (C=O) groups excluding carboxylic acids is 5. The molecule has 0 bridgehead atoms. The molecule has 346 valence electrons. The Balaban J connectivity index is 0.901. The van der Waals surface area contributed by atoms with Crippen molar-refractivity contribution in [1.29, 1.82) is 0 Å². The van der Waals surface area contributed by atoms with Crippen molar-refractivity contribution >= 4 is 57.2 Å². The summed E-state index contributed by atoms with van der Waals surface area (Å²) in [6, 6.07) is 16.1. The Morgan fingerprint density at radius 1 is 0.851 bits per heavy atom. The molecule has 9 rings (SSSR count). The van der Waals surface area contributed by atoms with E-state index >= 15 is 4.39 Å². The van der Waals surface area contributed by atoms with Crippen LogP contribution in [0.3, 0.4) is 0 Å². The number of rotatable bonds is 14. The lowest BCUT2D eigenvalue weighted by Gasteiger charge is -2.35. The molecule has 4 aromatic carbocycles. The molecule has 3 aliphatic heterocycles. The summed E-state index contributed by atoms with van der Waals surface area (Å²) in [5.74, 6) is -4.44. The molecule has 5 heterocycles. The number of hydrogen-bond donors (Lipinski definition) is 2. The van der Waals surface area contributed by atoms with Gasteiger partial charge < -0.3 is 24.0 Å². The highest BCUT2D eigenvalue weighted by atomic mass is 19.1. The standard InChI is InChI=1S/C49H47F2N7O9/c1-27-41(28(2)54(3)53-27)43-35(51)15-14-33-32(9-6-24-66-37-10-4-7-29-25-30(50)12-13-31(29)37)45(49(64)65)57(44(33)43)23-20-55-18-21-56(22-19-55)40(60)26-67-38-11-5-8-34-42(38)48(63)58(47(34)62)36-16-17-39(59)52-46(36)61/h4-5,7-8,10-15,25,36H,6,9,16-24,26H2,1-3H3,(H,64,65)(H,52,59,61). The van der Waals surface area contributed by atoms with Crippen LogP contribution in [0.25, 0.3) is 32.8 Å². The second-order valence-electron chi connectivity index (χ2n) is 17.0. The van der Waals surface area contributed by atoms with Crippen molar-refractivity contribution in [2.75, 3.05) is 45.9 Å². The minimum Gasteiger partial charge on any atom is -0.493 e. The lowest BCUT2D eigenvalue weighted by Crippen LogP contribution is -2.54. The second kappa shape index (κ2) is 18.1. The minimum absolute atomic E-state index is 0.000596. The van der Waals surface area contributed by atoms with Crippen LogP contribution >= 0.6 is 0 Å². The third-order valence-electron chi connectivity index (χ3n) is 13.0. The summed E-state index contributed by atoms with van der Waals surface area (Å²) in [4.78, 5) is 82.4. The highest BCUT2D eigenvalue weighted by molar-refractivity contribution is 6.24. The lowest BCUT2D eigenvalue weighted by molar-refractivity contribution is -0.136. The van der Waals surface area contributed by atoms with E-state index in [1.54, 1.807) is 58.5 Å². The largest absolute Gasteiger partial charge is 0.493 e. The lowest BCUT2D eigenvalue weighted by atomic mass is 9.98. The average molecular weight is 916 g/mol. The summed E-state index contributed by atoms with van der Waals surface area (Å²) in [5.41, 5.74) is 3.17. The number of halogens is 2.